The van der Waals surface area contributed by atoms with Crippen molar-refractivity contribution in [3.63, 3.8) is 0 Å². The van der Waals surface area contributed by atoms with E-state index < -0.39 is 5.60 Å². The van der Waals surface area contributed by atoms with Crippen LogP contribution < -0.4 is 0 Å². The third-order valence-corrected chi connectivity index (χ3v) is 5.56. The minimum atomic E-state index is -0.688. The fourth-order valence-electron chi connectivity index (χ4n) is 4.44. The summed E-state index contributed by atoms with van der Waals surface area (Å²) in [5, 5.41) is 11.3. The molecule has 2 fully saturated rings. The monoisotopic (exact) mass is 308 g/mol. The number of benzene rings is 1. The van der Waals surface area contributed by atoms with Crippen LogP contribution in [0, 0.1) is 6.92 Å². The van der Waals surface area contributed by atoms with E-state index in [9.17, 15) is 5.11 Å². The molecule has 2 bridgehead atoms. The van der Waals surface area contributed by atoms with Gasteiger partial charge in [-0.3, -0.25) is 9.88 Å². The van der Waals surface area contributed by atoms with Gasteiger partial charge in [0, 0.05) is 30.5 Å². The number of rotatable bonds is 3. The Morgan fingerprint density at radius 3 is 2.48 bits per heavy atom. The number of hydrogen-bond acceptors (Lipinski definition) is 3. The standard InChI is InChI=1S/C20H24N2O/c1-15-11-17(9-10-21-15)20(23)12-18-7-8-19(13-20)22(18)14-16-5-3-2-4-6-16/h2-6,9-11,18-19,23H,7-8,12-14H2,1H3. The smallest absolute Gasteiger partial charge is 0.0927 e. The maximum absolute atomic E-state index is 11.3. The average Bonchev–Trinajstić information content (AvgIpc) is 2.80. The van der Waals surface area contributed by atoms with Gasteiger partial charge in [-0.1, -0.05) is 30.3 Å². The van der Waals surface area contributed by atoms with E-state index in [-0.39, 0.29) is 0 Å². The molecule has 1 aromatic heterocycles. The van der Waals surface area contributed by atoms with E-state index in [4.69, 9.17) is 0 Å². The van der Waals surface area contributed by atoms with Gasteiger partial charge in [-0.2, -0.15) is 0 Å². The molecule has 2 unspecified atom stereocenters. The van der Waals surface area contributed by atoms with Crippen LogP contribution in [0.5, 0.6) is 0 Å². The summed E-state index contributed by atoms with van der Waals surface area (Å²) < 4.78 is 0. The predicted octanol–water partition coefficient (Wildman–Crippen LogP) is 3.40. The molecule has 3 heterocycles. The Bertz CT molecular complexity index is 671. The van der Waals surface area contributed by atoms with Gasteiger partial charge in [0.1, 0.15) is 0 Å². The Morgan fingerprint density at radius 1 is 1.13 bits per heavy atom. The predicted molar refractivity (Wildman–Crippen MR) is 90.9 cm³/mol. The third kappa shape index (κ3) is 2.79. The van der Waals surface area contributed by atoms with E-state index in [1.54, 1.807) is 0 Å². The molecule has 2 saturated heterocycles. The topological polar surface area (TPSA) is 36.4 Å². The van der Waals surface area contributed by atoms with Gasteiger partial charge in [0.05, 0.1) is 5.60 Å². The lowest BCUT2D eigenvalue weighted by Gasteiger charge is -2.44. The van der Waals surface area contributed by atoms with Crippen molar-refractivity contribution in [2.45, 2.75) is 56.8 Å². The molecule has 2 aliphatic rings. The van der Waals surface area contributed by atoms with Crippen molar-refractivity contribution < 1.29 is 5.11 Å². The van der Waals surface area contributed by atoms with Crippen LogP contribution in [0.3, 0.4) is 0 Å². The van der Waals surface area contributed by atoms with Crippen LogP contribution in [0.1, 0.15) is 42.5 Å². The summed E-state index contributed by atoms with van der Waals surface area (Å²) in [7, 11) is 0. The Kier molecular flexibility index (Phi) is 3.70. The van der Waals surface area contributed by atoms with Crippen LogP contribution >= 0.6 is 0 Å². The summed E-state index contributed by atoms with van der Waals surface area (Å²) in [5.41, 5.74) is 2.71. The fraction of sp³-hybridized carbons (Fsp3) is 0.450. The molecule has 3 heteroatoms. The van der Waals surface area contributed by atoms with Crippen molar-refractivity contribution >= 4 is 0 Å². The second-order valence-electron chi connectivity index (χ2n) is 7.17. The highest BCUT2D eigenvalue weighted by molar-refractivity contribution is 5.26. The van der Waals surface area contributed by atoms with E-state index >= 15 is 0 Å². The average molecular weight is 308 g/mol. The van der Waals surface area contributed by atoms with Crippen molar-refractivity contribution in [1.82, 2.24) is 9.88 Å². The van der Waals surface area contributed by atoms with E-state index in [0.717, 1.165) is 30.6 Å². The second kappa shape index (κ2) is 5.73. The zero-order valence-corrected chi connectivity index (χ0v) is 13.7. The van der Waals surface area contributed by atoms with Crippen LogP contribution in [0.4, 0.5) is 0 Å². The largest absolute Gasteiger partial charge is 0.385 e. The Labute approximate surface area is 138 Å². The summed E-state index contributed by atoms with van der Waals surface area (Å²) >= 11 is 0. The summed E-state index contributed by atoms with van der Waals surface area (Å²) in [5.74, 6) is 0. The summed E-state index contributed by atoms with van der Waals surface area (Å²) in [6.07, 6.45) is 5.88. The lowest BCUT2D eigenvalue weighted by atomic mass is 9.80. The van der Waals surface area contributed by atoms with E-state index in [1.807, 2.05) is 25.3 Å². The zero-order valence-electron chi connectivity index (χ0n) is 13.7. The van der Waals surface area contributed by atoms with Crippen LogP contribution in [0.15, 0.2) is 48.7 Å². The zero-order chi connectivity index (χ0) is 15.9. The SMILES string of the molecule is Cc1cc(C2(O)CC3CCC(C2)N3Cc2ccccc2)ccn1. The van der Waals surface area contributed by atoms with Gasteiger partial charge < -0.3 is 5.11 Å². The highest BCUT2D eigenvalue weighted by atomic mass is 16.3. The van der Waals surface area contributed by atoms with Crippen molar-refractivity contribution in [1.29, 1.82) is 0 Å². The maximum Gasteiger partial charge on any atom is 0.0927 e. The van der Waals surface area contributed by atoms with Gasteiger partial charge >= 0.3 is 0 Å². The number of nitrogens with zero attached hydrogens (tertiary/aromatic N) is 2. The van der Waals surface area contributed by atoms with Gasteiger partial charge in [-0.05, 0) is 55.9 Å². The van der Waals surface area contributed by atoms with Crippen LogP contribution in [0.25, 0.3) is 0 Å². The number of aryl methyl sites for hydroxylation is 1. The summed E-state index contributed by atoms with van der Waals surface area (Å²) in [4.78, 5) is 6.88. The Morgan fingerprint density at radius 2 is 1.83 bits per heavy atom. The number of piperidine rings is 1. The first-order chi connectivity index (χ1) is 11.1. The van der Waals surface area contributed by atoms with Crippen molar-refractivity contribution in [2.75, 3.05) is 0 Å². The molecule has 0 spiro atoms. The molecule has 1 aromatic carbocycles. The molecule has 4 rings (SSSR count). The van der Waals surface area contributed by atoms with Crippen molar-refractivity contribution in [2.24, 2.45) is 0 Å². The molecule has 3 nitrogen and oxygen atoms in total. The normalized spacial score (nSPS) is 30.5. The summed E-state index contributed by atoms with van der Waals surface area (Å²) in [6, 6.07) is 15.7. The molecule has 0 aliphatic carbocycles. The Hall–Kier alpha value is -1.71. The molecule has 0 saturated carbocycles. The van der Waals surface area contributed by atoms with E-state index in [1.165, 1.54) is 18.4 Å². The van der Waals surface area contributed by atoms with Gasteiger partial charge in [0.2, 0.25) is 0 Å². The molecular formula is C20H24N2O. The molecule has 120 valence electrons. The lowest BCUT2D eigenvalue weighted by molar-refractivity contribution is -0.0596. The number of pyridine rings is 1. The van der Waals surface area contributed by atoms with Gasteiger partial charge in [0.25, 0.3) is 0 Å². The molecule has 2 aromatic rings. The molecule has 0 amide bonds. The van der Waals surface area contributed by atoms with Crippen LogP contribution in [0.2, 0.25) is 0 Å². The van der Waals surface area contributed by atoms with Gasteiger partial charge in [-0.15, -0.1) is 0 Å². The fourth-order valence-corrected chi connectivity index (χ4v) is 4.44. The second-order valence-corrected chi connectivity index (χ2v) is 7.17. The number of hydrogen-bond donors (Lipinski definition) is 1. The maximum atomic E-state index is 11.3. The highest BCUT2D eigenvalue weighted by Crippen LogP contribution is 2.46. The van der Waals surface area contributed by atoms with Crippen LogP contribution in [-0.4, -0.2) is 27.1 Å². The lowest BCUT2D eigenvalue weighted by Crippen LogP contribution is -2.49. The Balaban J connectivity index is 1.55. The molecule has 0 radical (unpaired) electrons. The minimum absolute atomic E-state index is 0.479. The van der Waals surface area contributed by atoms with Gasteiger partial charge in [0.15, 0.2) is 0 Å². The van der Waals surface area contributed by atoms with Gasteiger partial charge in [-0.25, -0.2) is 0 Å². The highest BCUT2D eigenvalue weighted by Gasteiger charge is 2.48. The first-order valence-corrected chi connectivity index (χ1v) is 8.59. The number of aromatic nitrogens is 1. The number of fused-ring (bicyclic) bond motifs is 2. The first-order valence-electron chi connectivity index (χ1n) is 8.59. The summed E-state index contributed by atoms with van der Waals surface area (Å²) in [6.45, 7) is 2.99. The first kappa shape index (κ1) is 14.9. The van der Waals surface area contributed by atoms with Crippen molar-refractivity contribution in [3.8, 4) is 0 Å². The molecule has 23 heavy (non-hydrogen) atoms. The van der Waals surface area contributed by atoms with Crippen molar-refractivity contribution in [3.05, 3.63) is 65.5 Å². The third-order valence-electron chi connectivity index (χ3n) is 5.56. The number of aliphatic hydroxyl groups is 1. The van der Waals surface area contributed by atoms with E-state index in [2.05, 4.69) is 40.2 Å². The molecule has 2 aliphatic heterocycles. The van der Waals surface area contributed by atoms with E-state index in [0.29, 0.717) is 12.1 Å². The minimum Gasteiger partial charge on any atom is -0.385 e. The quantitative estimate of drug-likeness (QED) is 0.944. The van der Waals surface area contributed by atoms with Crippen LogP contribution in [-0.2, 0) is 12.1 Å². The molecule has 1 N–H and O–H groups in total. The molecule has 2 atom stereocenters. The molecular weight excluding hydrogens is 284 g/mol.